The molecule has 0 atom stereocenters. The van der Waals surface area contributed by atoms with Gasteiger partial charge in [0.25, 0.3) is 0 Å². The van der Waals surface area contributed by atoms with Crippen LogP contribution >= 0.6 is 0 Å². The molecule has 0 amide bonds. The molecule has 0 aromatic heterocycles. The zero-order valence-corrected chi connectivity index (χ0v) is 14.9. The SMILES string of the molecule is CC(=O)OCC(C)C.CC(C)(C)Cc1ccc2c(c1)CCO2. The monoisotopic (exact) mass is 306 g/mol. The Hall–Kier alpha value is -1.51. The van der Waals surface area contributed by atoms with Crippen molar-refractivity contribution in [3.8, 4) is 5.75 Å². The lowest BCUT2D eigenvalue weighted by Gasteiger charge is -2.18. The summed E-state index contributed by atoms with van der Waals surface area (Å²) in [5, 5.41) is 0. The van der Waals surface area contributed by atoms with Crippen molar-refractivity contribution < 1.29 is 14.3 Å². The number of rotatable bonds is 3. The Morgan fingerprint density at radius 1 is 1.32 bits per heavy atom. The second kappa shape index (κ2) is 8.21. The van der Waals surface area contributed by atoms with E-state index in [1.165, 1.54) is 18.1 Å². The zero-order chi connectivity index (χ0) is 16.8. The molecule has 0 saturated carbocycles. The molecule has 1 aliphatic heterocycles. The molecule has 0 spiro atoms. The van der Waals surface area contributed by atoms with Crippen molar-refractivity contribution in [2.75, 3.05) is 13.2 Å². The Labute approximate surface area is 135 Å². The van der Waals surface area contributed by atoms with Gasteiger partial charge in [-0.05, 0) is 34.9 Å². The predicted molar refractivity (Wildman–Crippen MR) is 90.3 cm³/mol. The number of carbonyl (C=O) groups excluding carboxylic acids is 1. The molecule has 124 valence electrons. The van der Waals surface area contributed by atoms with Gasteiger partial charge in [0.05, 0.1) is 13.2 Å². The molecule has 3 heteroatoms. The summed E-state index contributed by atoms with van der Waals surface area (Å²) in [7, 11) is 0. The van der Waals surface area contributed by atoms with Crippen molar-refractivity contribution in [2.24, 2.45) is 11.3 Å². The van der Waals surface area contributed by atoms with Gasteiger partial charge >= 0.3 is 5.97 Å². The van der Waals surface area contributed by atoms with Gasteiger partial charge in [0.2, 0.25) is 0 Å². The molecule has 0 fully saturated rings. The van der Waals surface area contributed by atoms with Gasteiger partial charge in [0.1, 0.15) is 5.75 Å². The molecule has 0 N–H and O–H groups in total. The molecule has 1 aromatic rings. The summed E-state index contributed by atoms with van der Waals surface area (Å²) < 4.78 is 10.1. The van der Waals surface area contributed by atoms with Crippen molar-refractivity contribution in [3.63, 3.8) is 0 Å². The Kier molecular flexibility index (Phi) is 6.92. The number of esters is 1. The molecule has 1 heterocycles. The van der Waals surface area contributed by atoms with E-state index in [1.807, 2.05) is 13.8 Å². The molecule has 0 unspecified atom stereocenters. The van der Waals surface area contributed by atoms with Crippen molar-refractivity contribution in [1.82, 2.24) is 0 Å². The van der Waals surface area contributed by atoms with Gasteiger partial charge in [0.15, 0.2) is 0 Å². The average molecular weight is 306 g/mol. The Balaban J connectivity index is 0.000000261. The largest absolute Gasteiger partial charge is 0.493 e. The number of ether oxygens (including phenoxy) is 2. The van der Waals surface area contributed by atoms with E-state index in [-0.39, 0.29) is 5.97 Å². The smallest absolute Gasteiger partial charge is 0.302 e. The van der Waals surface area contributed by atoms with Crippen LogP contribution in [0.25, 0.3) is 0 Å². The summed E-state index contributed by atoms with van der Waals surface area (Å²) in [6.07, 6.45) is 2.22. The third kappa shape index (κ3) is 7.48. The first-order valence-corrected chi connectivity index (χ1v) is 8.05. The Morgan fingerprint density at radius 2 is 2.00 bits per heavy atom. The van der Waals surface area contributed by atoms with E-state index < -0.39 is 0 Å². The molecule has 3 nitrogen and oxygen atoms in total. The summed E-state index contributed by atoms with van der Waals surface area (Å²) in [5.74, 6) is 1.33. The highest BCUT2D eigenvalue weighted by Gasteiger charge is 2.15. The molecule has 0 aliphatic carbocycles. The minimum Gasteiger partial charge on any atom is -0.493 e. The third-order valence-corrected chi connectivity index (χ3v) is 3.11. The average Bonchev–Trinajstić information content (AvgIpc) is 2.82. The summed E-state index contributed by atoms with van der Waals surface area (Å²) in [4.78, 5) is 10.1. The maximum absolute atomic E-state index is 10.1. The first-order chi connectivity index (χ1) is 10.2. The molecular weight excluding hydrogens is 276 g/mol. The highest BCUT2D eigenvalue weighted by atomic mass is 16.5. The number of carbonyl (C=O) groups is 1. The second-order valence-electron chi connectivity index (χ2n) is 7.47. The quantitative estimate of drug-likeness (QED) is 0.776. The minimum atomic E-state index is -0.196. The number of hydrogen-bond acceptors (Lipinski definition) is 3. The lowest BCUT2D eigenvalue weighted by Crippen LogP contribution is -2.09. The van der Waals surface area contributed by atoms with Gasteiger partial charge in [0, 0.05) is 13.3 Å². The Morgan fingerprint density at radius 3 is 2.50 bits per heavy atom. The molecule has 1 aliphatic rings. The van der Waals surface area contributed by atoms with Crippen LogP contribution in [0.3, 0.4) is 0 Å². The van der Waals surface area contributed by atoms with Crippen LogP contribution in [0.5, 0.6) is 5.75 Å². The maximum Gasteiger partial charge on any atom is 0.302 e. The fraction of sp³-hybridized carbons (Fsp3) is 0.632. The van der Waals surface area contributed by atoms with Crippen LogP contribution in [0.2, 0.25) is 0 Å². The molecule has 1 aromatic carbocycles. The van der Waals surface area contributed by atoms with Crippen LogP contribution in [0, 0.1) is 11.3 Å². The van der Waals surface area contributed by atoms with Crippen molar-refractivity contribution >= 4 is 5.97 Å². The molecule has 0 saturated heterocycles. The molecular formula is C19H30O3. The van der Waals surface area contributed by atoms with Crippen LogP contribution in [0.1, 0.15) is 52.7 Å². The van der Waals surface area contributed by atoms with Gasteiger partial charge in [-0.15, -0.1) is 0 Å². The van der Waals surface area contributed by atoms with E-state index in [2.05, 4.69) is 43.7 Å². The number of hydrogen-bond donors (Lipinski definition) is 0. The number of fused-ring (bicyclic) bond motifs is 1. The summed E-state index contributed by atoms with van der Waals surface area (Å²) >= 11 is 0. The van der Waals surface area contributed by atoms with Crippen LogP contribution in [0.4, 0.5) is 0 Å². The molecule has 0 radical (unpaired) electrons. The predicted octanol–water partition coefficient (Wildman–Crippen LogP) is 4.42. The van der Waals surface area contributed by atoms with Gasteiger partial charge in [-0.25, -0.2) is 0 Å². The topological polar surface area (TPSA) is 35.5 Å². The van der Waals surface area contributed by atoms with Crippen molar-refractivity contribution in [1.29, 1.82) is 0 Å². The summed E-state index contributed by atoms with van der Waals surface area (Å²) in [6.45, 7) is 13.6. The normalized spacial score (nSPS) is 13.0. The van der Waals surface area contributed by atoms with E-state index in [9.17, 15) is 4.79 Å². The van der Waals surface area contributed by atoms with Gasteiger partial charge in [-0.3, -0.25) is 4.79 Å². The van der Waals surface area contributed by atoms with Crippen LogP contribution < -0.4 is 4.74 Å². The van der Waals surface area contributed by atoms with E-state index in [0.29, 0.717) is 17.9 Å². The minimum absolute atomic E-state index is 0.196. The zero-order valence-electron chi connectivity index (χ0n) is 14.9. The highest BCUT2D eigenvalue weighted by molar-refractivity contribution is 5.65. The highest BCUT2D eigenvalue weighted by Crippen LogP contribution is 2.28. The van der Waals surface area contributed by atoms with Gasteiger partial charge in [-0.1, -0.05) is 46.8 Å². The first kappa shape index (κ1) is 18.5. The van der Waals surface area contributed by atoms with Gasteiger partial charge in [-0.2, -0.15) is 0 Å². The standard InChI is InChI=1S/C13H18O.C6H12O2/c1-13(2,3)9-10-4-5-12-11(8-10)6-7-14-12;1-5(2)4-8-6(3)7/h4-5,8H,6-7,9H2,1-3H3;5H,4H2,1-3H3. The summed E-state index contributed by atoms with van der Waals surface area (Å²) in [6, 6.07) is 6.60. The number of benzene rings is 1. The Bertz CT molecular complexity index is 484. The fourth-order valence-electron chi connectivity index (χ4n) is 2.25. The maximum atomic E-state index is 10.1. The van der Waals surface area contributed by atoms with Crippen LogP contribution in [0.15, 0.2) is 18.2 Å². The van der Waals surface area contributed by atoms with Gasteiger partial charge < -0.3 is 9.47 Å². The van der Waals surface area contributed by atoms with Crippen LogP contribution in [-0.2, 0) is 22.4 Å². The van der Waals surface area contributed by atoms with E-state index in [0.717, 1.165) is 25.2 Å². The first-order valence-electron chi connectivity index (χ1n) is 8.05. The lowest BCUT2D eigenvalue weighted by atomic mass is 9.87. The van der Waals surface area contributed by atoms with Crippen molar-refractivity contribution in [2.45, 2.75) is 54.4 Å². The van der Waals surface area contributed by atoms with E-state index in [1.54, 1.807) is 0 Å². The van der Waals surface area contributed by atoms with Crippen molar-refractivity contribution in [3.05, 3.63) is 29.3 Å². The molecule has 2 rings (SSSR count). The second-order valence-corrected chi connectivity index (χ2v) is 7.47. The fourth-order valence-corrected chi connectivity index (χ4v) is 2.25. The van der Waals surface area contributed by atoms with E-state index in [4.69, 9.17) is 4.74 Å². The molecule has 22 heavy (non-hydrogen) atoms. The third-order valence-electron chi connectivity index (χ3n) is 3.11. The summed E-state index contributed by atoms with van der Waals surface area (Å²) in [5.41, 5.74) is 3.18. The van der Waals surface area contributed by atoms with E-state index >= 15 is 0 Å². The lowest BCUT2D eigenvalue weighted by molar-refractivity contribution is -0.141. The van der Waals surface area contributed by atoms with Crippen LogP contribution in [-0.4, -0.2) is 19.2 Å². The molecule has 0 bridgehead atoms.